The molecule has 0 unspecified atom stereocenters. The molecule has 3 fully saturated rings. The van der Waals surface area contributed by atoms with Crippen molar-refractivity contribution < 1.29 is 0 Å². The summed E-state index contributed by atoms with van der Waals surface area (Å²) in [5.41, 5.74) is 4.62. The number of hydrogen-bond acceptors (Lipinski definition) is 3. The Morgan fingerprint density at radius 3 is 2.46 bits per heavy atom. The SMILES string of the molecule is O=c1nc2n(c3cccc(Cl)c13)-c1cc(C3CCN(CC4CCCCC4)CC3)ccc1C21CCCCC1. The fraction of sp³-hybridized carbons (Fsp3) is 0.562. The highest BCUT2D eigenvalue weighted by atomic mass is 35.5. The van der Waals surface area contributed by atoms with Crippen molar-refractivity contribution in [2.75, 3.05) is 19.6 Å². The van der Waals surface area contributed by atoms with E-state index in [-0.39, 0.29) is 11.0 Å². The summed E-state index contributed by atoms with van der Waals surface area (Å²) in [7, 11) is 0. The Bertz CT molecular complexity index is 1370. The molecule has 0 bridgehead atoms. The largest absolute Gasteiger partial charge is 0.303 e. The van der Waals surface area contributed by atoms with E-state index in [2.05, 4.69) is 33.7 Å². The molecular formula is C32H38ClN3O. The second-order valence-electron chi connectivity index (χ2n) is 12.2. The zero-order valence-corrected chi connectivity index (χ0v) is 22.6. The molecule has 4 nitrogen and oxygen atoms in total. The van der Waals surface area contributed by atoms with Crippen molar-refractivity contribution in [3.05, 3.63) is 68.7 Å². The molecule has 0 radical (unpaired) electrons. The van der Waals surface area contributed by atoms with Crippen molar-refractivity contribution in [1.29, 1.82) is 0 Å². The quantitative estimate of drug-likeness (QED) is 0.365. The van der Waals surface area contributed by atoms with E-state index < -0.39 is 0 Å². The first-order valence-electron chi connectivity index (χ1n) is 14.7. The van der Waals surface area contributed by atoms with Crippen molar-refractivity contribution in [1.82, 2.24) is 14.5 Å². The van der Waals surface area contributed by atoms with Gasteiger partial charge in [-0.15, -0.1) is 0 Å². The first kappa shape index (κ1) is 23.9. The first-order chi connectivity index (χ1) is 18.1. The molecule has 4 aliphatic rings. The summed E-state index contributed by atoms with van der Waals surface area (Å²) in [6.45, 7) is 3.73. The lowest BCUT2D eigenvalue weighted by atomic mass is 9.69. The molecule has 0 amide bonds. The molecule has 5 heteroatoms. The van der Waals surface area contributed by atoms with E-state index >= 15 is 0 Å². The lowest BCUT2D eigenvalue weighted by Crippen LogP contribution is -2.37. The Kier molecular flexibility index (Phi) is 6.16. The number of halogens is 1. The summed E-state index contributed by atoms with van der Waals surface area (Å²) in [6, 6.07) is 13.1. The van der Waals surface area contributed by atoms with Crippen LogP contribution >= 0.6 is 11.6 Å². The van der Waals surface area contributed by atoms with Crippen LogP contribution < -0.4 is 5.56 Å². The van der Waals surface area contributed by atoms with E-state index in [1.54, 1.807) is 0 Å². The van der Waals surface area contributed by atoms with Crippen LogP contribution in [0, 0.1) is 5.92 Å². The maximum absolute atomic E-state index is 13.2. The molecule has 2 saturated carbocycles. The Morgan fingerprint density at radius 2 is 1.68 bits per heavy atom. The third kappa shape index (κ3) is 3.98. The zero-order valence-electron chi connectivity index (χ0n) is 21.9. The van der Waals surface area contributed by atoms with Gasteiger partial charge in [-0.1, -0.05) is 68.3 Å². The Labute approximate surface area is 225 Å². The molecule has 1 spiro atoms. The minimum absolute atomic E-state index is 0.148. The molecule has 1 saturated heterocycles. The van der Waals surface area contributed by atoms with Gasteiger partial charge in [0, 0.05) is 6.54 Å². The molecule has 194 valence electrons. The normalized spacial score (nSPS) is 22.4. The molecule has 0 N–H and O–H groups in total. The van der Waals surface area contributed by atoms with Gasteiger partial charge >= 0.3 is 0 Å². The molecule has 2 aliphatic heterocycles. The third-order valence-electron chi connectivity index (χ3n) is 10.1. The number of hydrogen-bond donors (Lipinski definition) is 0. The standard InChI is InChI=1S/C32H38ClN3O/c33-26-10-7-11-27-29(26)30(37)34-31-32(16-5-2-6-17-32)25-13-12-24(20-28(25)36(27)31)23-14-18-35(19-15-23)21-22-8-3-1-4-9-22/h7,10-13,20,22-23H,1-6,8-9,14-19,21H2. The maximum Gasteiger partial charge on any atom is 0.282 e. The minimum Gasteiger partial charge on any atom is -0.303 e. The van der Waals surface area contributed by atoms with Crippen LogP contribution in [0.5, 0.6) is 0 Å². The summed E-state index contributed by atoms with van der Waals surface area (Å²) in [5, 5.41) is 1.05. The Morgan fingerprint density at radius 1 is 0.919 bits per heavy atom. The van der Waals surface area contributed by atoms with Crippen LogP contribution in [0.25, 0.3) is 16.6 Å². The second-order valence-corrected chi connectivity index (χ2v) is 12.6. The van der Waals surface area contributed by atoms with Crippen LogP contribution in [-0.2, 0) is 5.41 Å². The van der Waals surface area contributed by atoms with Crippen LogP contribution in [0.1, 0.15) is 99.9 Å². The Hall–Kier alpha value is -2.17. The predicted octanol–water partition coefficient (Wildman–Crippen LogP) is 7.36. The van der Waals surface area contributed by atoms with Gasteiger partial charge in [0.25, 0.3) is 5.56 Å². The summed E-state index contributed by atoms with van der Waals surface area (Å²) >= 11 is 6.55. The van der Waals surface area contributed by atoms with Crippen molar-refractivity contribution in [2.45, 2.75) is 88.4 Å². The lowest BCUT2D eigenvalue weighted by Gasteiger charge is -2.36. The number of aromatic nitrogens is 2. The number of fused-ring (bicyclic) bond motifs is 7. The van der Waals surface area contributed by atoms with Crippen molar-refractivity contribution in [3.63, 3.8) is 0 Å². The van der Waals surface area contributed by atoms with Crippen LogP contribution in [0.2, 0.25) is 5.02 Å². The molecule has 3 heterocycles. The van der Waals surface area contributed by atoms with Crippen molar-refractivity contribution >= 4 is 22.5 Å². The highest BCUT2D eigenvalue weighted by Crippen LogP contribution is 2.52. The fourth-order valence-electron chi connectivity index (χ4n) is 8.14. The van der Waals surface area contributed by atoms with Gasteiger partial charge in [0.15, 0.2) is 0 Å². The van der Waals surface area contributed by atoms with Gasteiger partial charge in [0.1, 0.15) is 5.82 Å². The number of nitrogens with zero attached hydrogens (tertiary/aromatic N) is 3. The lowest BCUT2D eigenvalue weighted by molar-refractivity contribution is 0.164. The van der Waals surface area contributed by atoms with E-state index in [1.165, 1.54) is 101 Å². The summed E-state index contributed by atoms with van der Waals surface area (Å²) in [4.78, 5) is 20.7. The zero-order chi connectivity index (χ0) is 25.0. The van der Waals surface area contributed by atoms with Gasteiger partial charge in [-0.25, -0.2) is 0 Å². The molecule has 3 aromatic rings. The average Bonchev–Trinajstić information content (AvgIpc) is 3.18. The smallest absolute Gasteiger partial charge is 0.282 e. The molecule has 7 rings (SSSR count). The van der Waals surface area contributed by atoms with Crippen LogP contribution in [0.4, 0.5) is 0 Å². The Balaban J connectivity index is 1.25. The highest BCUT2D eigenvalue weighted by molar-refractivity contribution is 6.35. The maximum atomic E-state index is 13.2. The van der Waals surface area contributed by atoms with Gasteiger partial charge in [0.2, 0.25) is 0 Å². The summed E-state index contributed by atoms with van der Waals surface area (Å²) in [6.07, 6.45) is 15.4. The number of piperidine rings is 1. The van der Waals surface area contributed by atoms with Gasteiger partial charge in [-0.05, 0) is 92.8 Å². The summed E-state index contributed by atoms with van der Waals surface area (Å²) < 4.78 is 2.30. The molecule has 1 aromatic heterocycles. The minimum atomic E-state index is -0.185. The van der Waals surface area contributed by atoms with Crippen LogP contribution in [-0.4, -0.2) is 34.1 Å². The van der Waals surface area contributed by atoms with E-state index in [4.69, 9.17) is 16.6 Å². The molecule has 2 aliphatic carbocycles. The third-order valence-corrected chi connectivity index (χ3v) is 10.4. The summed E-state index contributed by atoms with van der Waals surface area (Å²) in [5.74, 6) is 2.46. The molecular weight excluding hydrogens is 478 g/mol. The van der Waals surface area contributed by atoms with E-state index in [0.29, 0.717) is 16.3 Å². The molecule has 37 heavy (non-hydrogen) atoms. The molecule has 0 atom stereocenters. The van der Waals surface area contributed by atoms with E-state index in [0.717, 1.165) is 30.1 Å². The molecule has 2 aromatic carbocycles. The number of likely N-dealkylation sites (tertiary alicyclic amines) is 1. The predicted molar refractivity (Wildman–Crippen MR) is 151 cm³/mol. The highest BCUT2D eigenvalue weighted by Gasteiger charge is 2.46. The second kappa shape index (κ2) is 9.54. The van der Waals surface area contributed by atoms with E-state index in [1.807, 2.05) is 12.1 Å². The first-order valence-corrected chi connectivity index (χ1v) is 15.1. The van der Waals surface area contributed by atoms with Crippen molar-refractivity contribution in [3.8, 4) is 5.69 Å². The fourth-order valence-corrected chi connectivity index (χ4v) is 8.39. The van der Waals surface area contributed by atoms with Crippen LogP contribution in [0.15, 0.2) is 41.2 Å². The van der Waals surface area contributed by atoms with Crippen LogP contribution in [0.3, 0.4) is 0 Å². The number of rotatable bonds is 3. The topological polar surface area (TPSA) is 38.1 Å². The monoisotopic (exact) mass is 515 g/mol. The van der Waals surface area contributed by atoms with Gasteiger partial charge in [0.05, 0.1) is 27.0 Å². The van der Waals surface area contributed by atoms with Gasteiger partial charge in [-0.2, -0.15) is 4.98 Å². The van der Waals surface area contributed by atoms with Gasteiger partial charge < -0.3 is 4.90 Å². The van der Waals surface area contributed by atoms with Crippen molar-refractivity contribution in [2.24, 2.45) is 5.92 Å². The van der Waals surface area contributed by atoms with E-state index in [9.17, 15) is 4.79 Å². The number of benzene rings is 2. The van der Waals surface area contributed by atoms with Gasteiger partial charge in [-0.3, -0.25) is 9.36 Å². The average molecular weight is 516 g/mol.